The summed E-state index contributed by atoms with van der Waals surface area (Å²) in [6.45, 7) is 4.61. The van der Waals surface area contributed by atoms with Crippen LogP contribution in [0.1, 0.15) is 49.4 Å². The standard InChI is InChI=1S/C22H21BrN2O7S2/c1-11-18(22(28)31-4)12(2)24-19(11)20(26)13(3)32-21(27)14-7-5-6-8-15(14)25-34(29,30)17-10-9-16(23)33-17/h5-10,13,24-25H,1-4H3/t13-/m0/s1. The molecule has 34 heavy (non-hydrogen) atoms. The van der Waals surface area contributed by atoms with Crippen LogP contribution in [0.3, 0.4) is 0 Å². The molecule has 0 unspecified atom stereocenters. The van der Waals surface area contributed by atoms with Crippen molar-refractivity contribution in [1.82, 2.24) is 4.98 Å². The number of esters is 2. The highest BCUT2D eigenvalue weighted by atomic mass is 79.9. The molecule has 0 aliphatic heterocycles. The smallest absolute Gasteiger partial charge is 0.340 e. The van der Waals surface area contributed by atoms with Crippen LogP contribution in [0, 0.1) is 13.8 Å². The lowest BCUT2D eigenvalue weighted by atomic mass is 10.1. The topological polar surface area (TPSA) is 132 Å². The number of carbonyl (C=O) groups is 3. The first-order valence-electron chi connectivity index (χ1n) is 9.86. The van der Waals surface area contributed by atoms with E-state index in [0.717, 1.165) is 11.3 Å². The van der Waals surface area contributed by atoms with Gasteiger partial charge in [-0.2, -0.15) is 0 Å². The molecule has 2 N–H and O–H groups in total. The summed E-state index contributed by atoms with van der Waals surface area (Å²) < 4.78 is 38.6. The van der Waals surface area contributed by atoms with E-state index < -0.39 is 33.8 Å². The predicted octanol–water partition coefficient (Wildman–Crippen LogP) is 4.47. The molecule has 2 aromatic heterocycles. The molecule has 180 valence electrons. The van der Waals surface area contributed by atoms with Crippen molar-refractivity contribution in [3.63, 3.8) is 0 Å². The molecule has 0 aliphatic rings. The third kappa shape index (κ3) is 5.24. The van der Waals surface area contributed by atoms with Gasteiger partial charge in [-0.3, -0.25) is 9.52 Å². The average molecular weight is 569 g/mol. The molecule has 3 aromatic rings. The van der Waals surface area contributed by atoms with Crippen molar-refractivity contribution in [1.29, 1.82) is 0 Å². The van der Waals surface area contributed by atoms with Gasteiger partial charge in [-0.25, -0.2) is 18.0 Å². The van der Waals surface area contributed by atoms with E-state index >= 15 is 0 Å². The Kier molecular flexibility index (Phi) is 7.64. The zero-order chi connectivity index (χ0) is 25.2. The van der Waals surface area contributed by atoms with Gasteiger partial charge in [0.1, 0.15) is 4.21 Å². The van der Waals surface area contributed by atoms with Crippen LogP contribution in [0.2, 0.25) is 0 Å². The molecule has 0 amide bonds. The van der Waals surface area contributed by atoms with Crippen LogP contribution in [0.25, 0.3) is 0 Å². The number of para-hydroxylation sites is 1. The van der Waals surface area contributed by atoms with Gasteiger partial charge >= 0.3 is 11.9 Å². The van der Waals surface area contributed by atoms with E-state index in [1.165, 1.54) is 32.2 Å². The van der Waals surface area contributed by atoms with Gasteiger partial charge < -0.3 is 14.5 Å². The largest absolute Gasteiger partial charge is 0.465 e. The van der Waals surface area contributed by atoms with Crippen molar-refractivity contribution in [2.45, 2.75) is 31.1 Å². The summed E-state index contributed by atoms with van der Waals surface area (Å²) in [6, 6.07) is 8.95. The van der Waals surface area contributed by atoms with Crippen LogP contribution in [0.5, 0.6) is 0 Å². The predicted molar refractivity (Wildman–Crippen MR) is 130 cm³/mol. The number of sulfonamides is 1. The number of rotatable bonds is 8. The number of ether oxygens (including phenoxy) is 2. The van der Waals surface area contributed by atoms with Crippen molar-refractivity contribution in [3.8, 4) is 0 Å². The molecule has 1 atom stereocenters. The Balaban J connectivity index is 1.82. The van der Waals surface area contributed by atoms with Crippen molar-refractivity contribution >= 4 is 60.7 Å². The maximum Gasteiger partial charge on any atom is 0.340 e. The lowest BCUT2D eigenvalue weighted by Gasteiger charge is -2.15. The van der Waals surface area contributed by atoms with Crippen LogP contribution in [-0.2, 0) is 19.5 Å². The molecule has 0 bridgehead atoms. The minimum Gasteiger partial charge on any atom is -0.465 e. The third-order valence-electron chi connectivity index (χ3n) is 4.93. The molecule has 0 fully saturated rings. The molecule has 2 heterocycles. The highest BCUT2D eigenvalue weighted by Gasteiger charge is 2.28. The number of ketones is 1. The second kappa shape index (κ2) is 10.1. The number of Topliss-reactive ketones (excluding diaryl/α,β-unsaturated/α-hetero) is 1. The molecule has 3 rings (SSSR count). The first-order valence-corrected chi connectivity index (χ1v) is 13.0. The van der Waals surface area contributed by atoms with Crippen LogP contribution in [0.4, 0.5) is 5.69 Å². The van der Waals surface area contributed by atoms with E-state index in [2.05, 4.69) is 25.6 Å². The van der Waals surface area contributed by atoms with Crippen molar-refractivity contribution < 1.29 is 32.3 Å². The van der Waals surface area contributed by atoms with Crippen LogP contribution >= 0.6 is 27.3 Å². The van der Waals surface area contributed by atoms with Crippen LogP contribution < -0.4 is 4.72 Å². The highest BCUT2D eigenvalue weighted by Crippen LogP contribution is 2.29. The van der Waals surface area contributed by atoms with Gasteiger partial charge in [-0.1, -0.05) is 12.1 Å². The molecule has 0 spiro atoms. The summed E-state index contributed by atoms with van der Waals surface area (Å²) in [7, 11) is -2.70. The van der Waals surface area contributed by atoms with E-state index in [4.69, 9.17) is 9.47 Å². The highest BCUT2D eigenvalue weighted by molar-refractivity contribution is 9.11. The van der Waals surface area contributed by atoms with Gasteiger partial charge in [0.15, 0.2) is 6.10 Å². The zero-order valence-corrected chi connectivity index (χ0v) is 21.8. The Labute approximate surface area is 208 Å². The first kappa shape index (κ1) is 25.7. The first-order chi connectivity index (χ1) is 16.0. The van der Waals surface area contributed by atoms with Crippen molar-refractivity contribution in [2.24, 2.45) is 0 Å². The Morgan fingerprint density at radius 2 is 1.76 bits per heavy atom. The fourth-order valence-electron chi connectivity index (χ4n) is 3.27. The molecule has 0 radical (unpaired) electrons. The van der Waals surface area contributed by atoms with E-state index in [-0.39, 0.29) is 26.7 Å². The summed E-state index contributed by atoms with van der Waals surface area (Å²) in [5.41, 5.74) is 1.14. The second-order valence-corrected chi connectivity index (χ2v) is 11.6. The number of benzene rings is 1. The van der Waals surface area contributed by atoms with E-state index in [1.807, 2.05) is 0 Å². The van der Waals surface area contributed by atoms with Crippen LogP contribution in [-0.4, -0.2) is 44.3 Å². The van der Waals surface area contributed by atoms with Gasteiger partial charge in [0.05, 0.1) is 33.4 Å². The molecule has 12 heteroatoms. The maximum absolute atomic E-state index is 12.9. The SMILES string of the molecule is COC(=O)c1c(C)[nH]c(C(=O)[C@H](C)OC(=O)c2ccccc2NS(=O)(=O)c2ccc(Br)s2)c1C. The quantitative estimate of drug-likeness (QED) is 0.302. The summed E-state index contributed by atoms with van der Waals surface area (Å²) in [5.74, 6) is -2.03. The van der Waals surface area contributed by atoms with Gasteiger partial charge in [-0.05, 0) is 66.5 Å². The molecule has 9 nitrogen and oxygen atoms in total. The number of thiophene rings is 1. The zero-order valence-electron chi connectivity index (χ0n) is 18.6. The minimum atomic E-state index is -3.94. The number of hydrogen-bond acceptors (Lipinski definition) is 8. The Morgan fingerprint density at radius 1 is 1.09 bits per heavy atom. The molecular formula is C22H21BrN2O7S2. The number of methoxy groups -OCH3 is 1. The van der Waals surface area contributed by atoms with Gasteiger partial charge in [-0.15, -0.1) is 11.3 Å². The number of H-pyrrole nitrogens is 1. The number of halogens is 1. The molecule has 0 saturated heterocycles. The number of anilines is 1. The van der Waals surface area contributed by atoms with E-state index in [1.54, 1.807) is 32.0 Å². The number of aromatic nitrogens is 1. The summed E-state index contributed by atoms with van der Waals surface area (Å²) in [5, 5.41) is 0. The lowest BCUT2D eigenvalue weighted by Crippen LogP contribution is -2.26. The van der Waals surface area contributed by atoms with Gasteiger partial charge in [0.2, 0.25) is 5.78 Å². The van der Waals surface area contributed by atoms with Crippen molar-refractivity contribution in [2.75, 3.05) is 11.8 Å². The number of carbonyl (C=O) groups excluding carboxylic acids is 3. The molecule has 0 aliphatic carbocycles. The van der Waals surface area contributed by atoms with Gasteiger partial charge in [0, 0.05) is 5.69 Å². The fourth-order valence-corrected chi connectivity index (χ4v) is 6.36. The number of aromatic amines is 1. The fraction of sp³-hybridized carbons (Fsp3) is 0.227. The normalized spacial score (nSPS) is 12.1. The maximum atomic E-state index is 12.9. The number of hydrogen-bond donors (Lipinski definition) is 2. The number of aryl methyl sites for hydroxylation is 1. The molecule has 1 aromatic carbocycles. The minimum absolute atomic E-state index is 0.0107. The lowest BCUT2D eigenvalue weighted by molar-refractivity contribution is 0.0317. The third-order valence-corrected chi connectivity index (χ3v) is 8.41. The Hall–Kier alpha value is -2.96. The summed E-state index contributed by atoms with van der Waals surface area (Å²) in [6.07, 6.45) is -1.22. The molecular weight excluding hydrogens is 548 g/mol. The van der Waals surface area contributed by atoms with E-state index in [0.29, 0.717) is 15.0 Å². The molecule has 0 saturated carbocycles. The average Bonchev–Trinajstić information content (AvgIpc) is 3.35. The second-order valence-electron chi connectivity index (χ2n) is 7.24. The number of nitrogens with one attached hydrogen (secondary N) is 2. The van der Waals surface area contributed by atoms with E-state index in [9.17, 15) is 22.8 Å². The van der Waals surface area contributed by atoms with Gasteiger partial charge in [0.25, 0.3) is 10.0 Å². The summed E-state index contributed by atoms with van der Waals surface area (Å²) >= 11 is 4.24. The van der Waals surface area contributed by atoms with Crippen molar-refractivity contribution in [3.05, 3.63) is 68.3 Å². The Morgan fingerprint density at radius 3 is 2.38 bits per heavy atom. The Bertz CT molecular complexity index is 1380. The summed E-state index contributed by atoms with van der Waals surface area (Å²) in [4.78, 5) is 40.6. The monoisotopic (exact) mass is 568 g/mol. The van der Waals surface area contributed by atoms with Crippen LogP contribution in [0.15, 0.2) is 44.4 Å².